The van der Waals surface area contributed by atoms with E-state index in [-0.39, 0.29) is 0 Å². The molecule has 24 heavy (non-hydrogen) atoms. The van der Waals surface area contributed by atoms with Gasteiger partial charge in [-0.05, 0) is 24.3 Å². The first-order chi connectivity index (χ1) is 11.8. The summed E-state index contributed by atoms with van der Waals surface area (Å²) in [4.78, 5) is 0. The minimum absolute atomic E-state index is 0.798. The molecule has 0 bridgehead atoms. The molecular formula is C18H18N4O2. The van der Waals surface area contributed by atoms with E-state index in [2.05, 4.69) is 20.1 Å². The molecule has 2 aromatic carbocycles. The Balaban J connectivity index is 1.90. The van der Waals surface area contributed by atoms with Crippen molar-refractivity contribution < 1.29 is 9.47 Å². The third-order valence-electron chi connectivity index (χ3n) is 4.17. The zero-order valence-corrected chi connectivity index (χ0v) is 13.6. The lowest BCUT2D eigenvalue weighted by Crippen LogP contribution is -2.03. The van der Waals surface area contributed by atoms with Crippen molar-refractivity contribution in [3.63, 3.8) is 0 Å². The monoisotopic (exact) mass is 322 g/mol. The second-order valence-corrected chi connectivity index (χ2v) is 5.57. The van der Waals surface area contributed by atoms with Gasteiger partial charge < -0.3 is 14.8 Å². The van der Waals surface area contributed by atoms with Gasteiger partial charge in [-0.25, -0.2) is 0 Å². The van der Waals surface area contributed by atoms with Crippen LogP contribution in [0, 0.1) is 0 Å². The zero-order chi connectivity index (χ0) is 16.5. The average Bonchev–Trinajstić information content (AvgIpc) is 2.97. The summed E-state index contributed by atoms with van der Waals surface area (Å²) in [6, 6.07) is 13.8. The summed E-state index contributed by atoms with van der Waals surface area (Å²) in [6.45, 7) is 0.802. The number of hydrogen-bond donors (Lipinski definition) is 1. The molecule has 0 saturated heterocycles. The van der Waals surface area contributed by atoms with Crippen LogP contribution in [-0.2, 0) is 6.42 Å². The number of aromatic nitrogens is 3. The van der Waals surface area contributed by atoms with Crippen LogP contribution in [0.15, 0.2) is 42.5 Å². The highest BCUT2D eigenvalue weighted by atomic mass is 16.5. The Morgan fingerprint density at radius 2 is 1.83 bits per heavy atom. The molecule has 1 N–H and O–H groups in total. The van der Waals surface area contributed by atoms with Crippen molar-refractivity contribution in [3.8, 4) is 28.6 Å². The second kappa shape index (κ2) is 5.88. The average molecular weight is 322 g/mol. The van der Waals surface area contributed by atoms with Crippen LogP contribution < -0.4 is 14.8 Å². The van der Waals surface area contributed by atoms with E-state index in [1.54, 1.807) is 14.2 Å². The number of rotatable bonds is 3. The molecule has 0 fully saturated rings. The Labute approximate surface area is 140 Å². The molecule has 2 heterocycles. The summed E-state index contributed by atoms with van der Waals surface area (Å²) in [5.74, 6) is 3.36. The number of ether oxygens (including phenoxy) is 2. The third-order valence-corrected chi connectivity index (χ3v) is 4.17. The van der Waals surface area contributed by atoms with E-state index in [0.29, 0.717) is 0 Å². The van der Waals surface area contributed by atoms with Crippen molar-refractivity contribution >= 4 is 5.69 Å². The van der Waals surface area contributed by atoms with Gasteiger partial charge in [-0.15, -0.1) is 10.2 Å². The molecule has 0 amide bonds. The molecule has 1 aromatic heterocycles. The first-order valence-corrected chi connectivity index (χ1v) is 7.81. The van der Waals surface area contributed by atoms with Crippen molar-refractivity contribution in [2.75, 3.05) is 26.1 Å². The first-order valence-electron chi connectivity index (χ1n) is 7.81. The predicted molar refractivity (Wildman–Crippen MR) is 92.1 cm³/mol. The quantitative estimate of drug-likeness (QED) is 0.803. The fourth-order valence-corrected chi connectivity index (χ4v) is 2.97. The van der Waals surface area contributed by atoms with Gasteiger partial charge in [0.05, 0.1) is 25.6 Å². The van der Waals surface area contributed by atoms with Crippen LogP contribution in [-0.4, -0.2) is 35.5 Å². The number of nitrogens with zero attached hydrogens (tertiary/aromatic N) is 3. The number of benzene rings is 2. The predicted octanol–water partition coefficient (Wildman–Crippen LogP) is 2.92. The van der Waals surface area contributed by atoms with Gasteiger partial charge in [-0.3, -0.25) is 4.57 Å². The number of fused-ring (bicyclic) bond motifs is 3. The smallest absolute Gasteiger partial charge is 0.168 e. The number of nitrogens with one attached hydrogen (secondary N) is 1. The molecule has 6 heteroatoms. The maximum Gasteiger partial charge on any atom is 0.168 e. The van der Waals surface area contributed by atoms with Crippen molar-refractivity contribution in [3.05, 3.63) is 48.3 Å². The van der Waals surface area contributed by atoms with Gasteiger partial charge in [0, 0.05) is 24.6 Å². The summed E-state index contributed by atoms with van der Waals surface area (Å²) in [6.07, 6.45) is 0.800. The Hall–Kier alpha value is -3.02. The van der Waals surface area contributed by atoms with E-state index in [9.17, 15) is 0 Å². The molecule has 0 saturated carbocycles. The maximum atomic E-state index is 5.34. The van der Waals surface area contributed by atoms with E-state index in [1.165, 1.54) is 0 Å². The van der Waals surface area contributed by atoms with Gasteiger partial charge in [0.25, 0.3) is 0 Å². The normalized spacial score (nSPS) is 12.6. The second-order valence-electron chi connectivity index (χ2n) is 5.57. The third kappa shape index (κ3) is 2.36. The van der Waals surface area contributed by atoms with Crippen LogP contribution in [0.5, 0.6) is 11.5 Å². The molecule has 0 spiro atoms. The fraction of sp³-hybridized carbons (Fsp3) is 0.222. The lowest BCUT2D eigenvalue weighted by atomic mass is 10.2. The van der Waals surface area contributed by atoms with Gasteiger partial charge in [0.2, 0.25) is 0 Å². The highest BCUT2D eigenvalue weighted by Crippen LogP contribution is 2.33. The molecule has 4 rings (SSSR count). The Morgan fingerprint density at radius 1 is 1.00 bits per heavy atom. The number of anilines is 1. The molecule has 0 unspecified atom stereocenters. The van der Waals surface area contributed by atoms with Crippen LogP contribution in [0.4, 0.5) is 5.69 Å². The molecule has 1 aliphatic heterocycles. The van der Waals surface area contributed by atoms with Crippen molar-refractivity contribution in [1.82, 2.24) is 14.8 Å². The van der Waals surface area contributed by atoms with Crippen molar-refractivity contribution in [2.45, 2.75) is 6.42 Å². The standard InChI is InChI=1S/C18H18N4O2/c1-23-13-5-3-4-12(10-13)18-21-20-17-8-9-19-15-11-14(24-2)6-7-16(15)22(17)18/h3-7,10-11,19H,8-9H2,1-2H3. The minimum Gasteiger partial charge on any atom is -0.497 e. The number of hydrogen-bond acceptors (Lipinski definition) is 5. The molecule has 0 atom stereocenters. The Morgan fingerprint density at radius 3 is 2.67 bits per heavy atom. The van der Waals surface area contributed by atoms with Gasteiger partial charge in [0.1, 0.15) is 17.3 Å². The van der Waals surface area contributed by atoms with Crippen LogP contribution in [0.2, 0.25) is 0 Å². The molecule has 0 radical (unpaired) electrons. The first kappa shape index (κ1) is 14.6. The van der Waals surface area contributed by atoms with Crippen LogP contribution in [0.25, 0.3) is 17.1 Å². The minimum atomic E-state index is 0.798. The summed E-state index contributed by atoms with van der Waals surface area (Å²) in [7, 11) is 3.33. The topological polar surface area (TPSA) is 61.2 Å². The Kier molecular flexibility index (Phi) is 3.57. The van der Waals surface area contributed by atoms with E-state index >= 15 is 0 Å². The van der Waals surface area contributed by atoms with Crippen molar-refractivity contribution in [2.24, 2.45) is 0 Å². The molecule has 1 aliphatic rings. The van der Waals surface area contributed by atoms with Gasteiger partial charge >= 0.3 is 0 Å². The SMILES string of the molecule is COc1cccc(-c2nnc3n2-c2ccc(OC)cc2NCC3)c1. The summed E-state index contributed by atoms with van der Waals surface area (Å²) < 4.78 is 12.8. The zero-order valence-electron chi connectivity index (χ0n) is 13.6. The van der Waals surface area contributed by atoms with Crippen LogP contribution >= 0.6 is 0 Å². The lowest BCUT2D eigenvalue weighted by molar-refractivity contribution is 0.415. The van der Waals surface area contributed by atoms with E-state index in [4.69, 9.17) is 9.47 Å². The summed E-state index contributed by atoms with van der Waals surface area (Å²) >= 11 is 0. The van der Waals surface area contributed by atoms with Gasteiger partial charge in [0.15, 0.2) is 5.82 Å². The largest absolute Gasteiger partial charge is 0.497 e. The lowest BCUT2D eigenvalue weighted by Gasteiger charge is -2.13. The van der Waals surface area contributed by atoms with Gasteiger partial charge in [-0.1, -0.05) is 12.1 Å². The summed E-state index contributed by atoms with van der Waals surface area (Å²) in [5, 5.41) is 12.3. The highest BCUT2D eigenvalue weighted by Gasteiger charge is 2.21. The van der Waals surface area contributed by atoms with E-state index in [0.717, 1.165) is 53.1 Å². The molecule has 3 aromatic rings. The molecular weight excluding hydrogens is 304 g/mol. The Bertz CT molecular complexity index is 888. The summed E-state index contributed by atoms with van der Waals surface area (Å²) in [5.41, 5.74) is 3.00. The molecule has 6 nitrogen and oxygen atoms in total. The fourth-order valence-electron chi connectivity index (χ4n) is 2.97. The van der Waals surface area contributed by atoms with E-state index in [1.807, 2.05) is 42.5 Å². The van der Waals surface area contributed by atoms with Crippen molar-refractivity contribution in [1.29, 1.82) is 0 Å². The molecule has 122 valence electrons. The maximum absolute atomic E-state index is 5.34. The van der Waals surface area contributed by atoms with Crippen LogP contribution in [0.3, 0.4) is 0 Å². The highest BCUT2D eigenvalue weighted by molar-refractivity contribution is 5.69. The van der Waals surface area contributed by atoms with E-state index < -0.39 is 0 Å². The molecule has 0 aliphatic carbocycles. The van der Waals surface area contributed by atoms with Crippen LogP contribution in [0.1, 0.15) is 5.82 Å². The van der Waals surface area contributed by atoms with Gasteiger partial charge in [-0.2, -0.15) is 0 Å². The number of methoxy groups -OCH3 is 2.